The van der Waals surface area contributed by atoms with Gasteiger partial charge in [-0.05, 0) is 37.1 Å². The third-order valence-electron chi connectivity index (χ3n) is 3.56. The van der Waals surface area contributed by atoms with Crippen LogP contribution >= 0.6 is 11.8 Å². The molecule has 0 saturated carbocycles. The molecular weight excluding hydrogens is 292 g/mol. The van der Waals surface area contributed by atoms with E-state index in [1.54, 1.807) is 0 Å². The molecule has 0 saturated heterocycles. The molecule has 4 heteroatoms. The molecule has 0 aliphatic rings. The first kappa shape index (κ1) is 14.9. The summed E-state index contributed by atoms with van der Waals surface area (Å²) in [6, 6.07) is 18.3. The predicted molar refractivity (Wildman–Crippen MR) is 90.6 cm³/mol. The Kier molecular flexibility index (Phi) is 4.59. The Hall–Kier alpha value is -2.07. The van der Waals surface area contributed by atoms with Crippen LogP contribution in [0.25, 0.3) is 11.5 Å². The summed E-state index contributed by atoms with van der Waals surface area (Å²) in [5.74, 6) is 2.20. The second-order valence-electron chi connectivity index (χ2n) is 5.19. The zero-order valence-corrected chi connectivity index (χ0v) is 13.5. The number of rotatable bonds is 5. The highest BCUT2D eigenvalue weighted by Crippen LogP contribution is 2.32. The first-order valence-corrected chi connectivity index (χ1v) is 8.34. The number of benzene rings is 2. The van der Waals surface area contributed by atoms with E-state index in [1.807, 2.05) is 42.1 Å². The molecule has 0 aliphatic carbocycles. The second kappa shape index (κ2) is 6.79. The fraction of sp³-hybridized carbons (Fsp3) is 0.222. The van der Waals surface area contributed by atoms with Crippen molar-refractivity contribution >= 4 is 11.8 Å². The van der Waals surface area contributed by atoms with Gasteiger partial charge in [0.1, 0.15) is 0 Å². The maximum Gasteiger partial charge on any atom is 0.247 e. The average molecular weight is 310 g/mol. The van der Waals surface area contributed by atoms with Crippen molar-refractivity contribution in [3.63, 3.8) is 0 Å². The van der Waals surface area contributed by atoms with E-state index in [1.165, 1.54) is 11.1 Å². The van der Waals surface area contributed by atoms with Crippen molar-refractivity contribution in [3.05, 3.63) is 71.6 Å². The van der Waals surface area contributed by atoms with Crippen LogP contribution < -0.4 is 0 Å². The zero-order chi connectivity index (χ0) is 15.4. The highest BCUT2D eigenvalue weighted by Gasteiger charge is 2.15. The molecule has 1 aromatic heterocycles. The summed E-state index contributed by atoms with van der Waals surface area (Å²) < 4.78 is 5.81. The number of aromatic nitrogens is 2. The van der Waals surface area contributed by atoms with Gasteiger partial charge in [-0.1, -0.05) is 42.5 Å². The van der Waals surface area contributed by atoms with Gasteiger partial charge in [-0.3, -0.25) is 0 Å². The maximum absolute atomic E-state index is 5.81. The van der Waals surface area contributed by atoms with Gasteiger partial charge in [-0.15, -0.1) is 22.0 Å². The molecule has 2 aromatic carbocycles. The van der Waals surface area contributed by atoms with E-state index in [0.717, 1.165) is 11.3 Å². The van der Waals surface area contributed by atoms with Gasteiger partial charge in [0.15, 0.2) is 0 Å². The van der Waals surface area contributed by atoms with Crippen LogP contribution in [0.3, 0.4) is 0 Å². The van der Waals surface area contributed by atoms with E-state index in [4.69, 9.17) is 4.42 Å². The molecule has 1 unspecified atom stereocenters. The minimum atomic E-state index is 0.171. The molecule has 112 valence electrons. The second-order valence-corrected chi connectivity index (χ2v) is 6.52. The van der Waals surface area contributed by atoms with Crippen molar-refractivity contribution in [2.75, 3.05) is 0 Å². The van der Waals surface area contributed by atoms with E-state index in [-0.39, 0.29) is 5.25 Å². The summed E-state index contributed by atoms with van der Waals surface area (Å²) in [6.45, 7) is 4.24. The van der Waals surface area contributed by atoms with Crippen LogP contribution in [0, 0.1) is 6.92 Å². The van der Waals surface area contributed by atoms with Gasteiger partial charge in [0, 0.05) is 11.3 Å². The van der Waals surface area contributed by atoms with Gasteiger partial charge < -0.3 is 4.42 Å². The Morgan fingerprint density at radius 3 is 2.50 bits per heavy atom. The van der Waals surface area contributed by atoms with Crippen molar-refractivity contribution < 1.29 is 4.42 Å². The highest BCUT2D eigenvalue weighted by molar-refractivity contribution is 7.98. The molecule has 3 rings (SSSR count). The lowest BCUT2D eigenvalue weighted by Crippen LogP contribution is -1.92. The summed E-state index contributed by atoms with van der Waals surface area (Å²) in [5, 5.41) is 8.51. The average Bonchev–Trinajstić information content (AvgIpc) is 3.05. The molecule has 0 fully saturated rings. The summed E-state index contributed by atoms with van der Waals surface area (Å²) in [4.78, 5) is 0. The van der Waals surface area contributed by atoms with E-state index in [2.05, 4.69) is 48.3 Å². The molecule has 0 N–H and O–H groups in total. The number of hydrogen-bond acceptors (Lipinski definition) is 4. The van der Waals surface area contributed by atoms with Crippen LogP contribution in [0.1, 0.15) is 29.2 Å². The lowest BCUT2D eigenvalue weighted by Gasteiger charge is -2.08. The molecule has 1 heterocycles. The summed E-state index contributed by atoms with van der Waals surface area (Å²) in [7, 11) is 0. The minimum Gasteiger partial charge on any atom is -0.420 e. The van der Waals surface area contributed by atoms with Gasteiger partial charge in [0.2, 0.25) is 11.8 Å². The fourth-order valence-electron chi connectivity index (χ4n) is 2.15. The SMILES string of the molecule is Cc1ccccc1CSC(C)c1nnc(-c2ccccc2)o1. The molecular formula is C18H18N2OS. The molecule has 22 heavy (non-hydrogen) atoms. The van der Waals surface area contributed by atoms with Crippen LogP contribution in [0.15, 0.2) is 59.0 Å². The van der Waals surface area contributed by atoms with Crippen LogP contribution in [-0.4, -0.2) is 10.2 Å². The molecule has 0 aliphatic heterocycles. The lowest BCUT2D eigenvalue weighted by atomic mass is 10.1. The molecule has 0 spiro atoms. The predicted octanol–water partition coefficient (Wildman–Crippen LogP) is 5.04. The summed E-state index contributed by atoms with van der Waals surface area (Å²) in [5.41, 5.74) is 3.62. The monoisotopic (exact) mass is 310 g/mol. The van der Waals surface area contributed by atoms with Crippen molar-refractivity contribution in [3.8, 4) is 11.5 Å². The summed E-state index contributed by atoms with van der Waals surface area (Å²) >= 11 is 1.81. The smallest absolute Gasteiger partial charge is 0.247 e. The van der Waals surface area contributed by atoms with Crippen LogP contribution in [0.2, 0.25) is 0 Å². The van der Waals surface area contributed by atoms with Crippen LogP contribution in [-0.2, 0) is 5.75 Å². The van der Waals surface area contributed by atoms with Crippen molar-refractivity contribution in [1.82, 2.24) is 10.2 Å². The lowest BCUT2D eigenvalue weighted by molar-refractivity contribution is 0.509. The van der Waals surface area contributed by atoms with E-state index >= 15 is 0 Å². The van der Waals surface area contributed by atoms with E-state index in [9.17, 15) is 0 Å². The Bertz CT molecular complexity index is 740. The number of nitrogens with zero attached hydrogens (tertiary/aromatic N) is 2. The largest absolute Gasteiger partial charge is 0.420 e. The number of aryl methyl sites for hydroxylation is 1. The Labute approximate surface area is 134 Å². The first-order chi connectivity index (χ1) is 10.7. The standard InChI is InChI=1S/C18H18N2OS/c1-13-8-6-7-11-16(13)12-22-14(2)17-19-20-18(21-17)15-9-4-3-5-10-15/h3-11,14H,12H2,1-2H3. The number of thioether (sulfide) groups is 1. The van der Waals surface area contributed by atoms with Gasteiger partial charge in [-0.2, -0.15) is 0 Å². The first-order valence-electron chi connectivity index (χ1n) is 7.29. The molecule has 3 nitrogen and oxygen atoms in total. The highest BCUT2D eigenvalue weighted by atomic mass is 32.2. The topological polar surface area (TPSA) is 38.9 Å². The molecule has 0 bridgehead atoms. The normalized spacial score (nSPS) is 12.3. The molecule has 1 atom stereocenters. The van der Waals surface area contributed by atoms with E-state index in [0.29, 0.717) is 11.8 Å². The Morgan fingerprint density at radius 1 is 1.00 bits per heavy atom. The van der Waals surface area contributed by atoms with Crippen molar-refractivity contribution in [2.24, 2.45) is 0 Å². The Balaban J connectivity index is 1.67. The third kappa shape index (κ3) is 3.39. The molecule has 0 amide bonds. The fourth-order valence-corrected chi connectivity index (χ4v) is 3.15. The molecule has 0 radical (unpaired) electrons. The van der Waals surface area contributed by atoms with Gasteiger partial charge in [0.25, 0.3) is 0 Å². The number of hydrogen-bond donors (Lipinski definition) is 0. The van der Waals surface area contributed by atoms with Crippen molar-refractivity contribution in [2.45, 2.75) is 24.9 Å². The third-order valence-corrected chi connectivity index (χ3v) is 4.74. The van der Waals surface area contributed by atoms with E-state index < -0.39 is 0 Å². The maximum atomic E-state index is 5.81. The Morgan fingerprint density at radius 2 is 1.73 bits per heavy atom. The summed E-state index contributed by atoms with van der Waals surface area (Å²) in [6.07, 6.45) is 0. The van der Waals surface area contributed by atoms with Gasteiger partial charge in [-0.25, -0.2) is 0 Å². The quantitative estimate of drug-likeness (QED) is 0.662. The molecule has 3 aromatic rings. The zero-order valence-electron chi connectivity index (χ0n) is 12.7. The van der Waals surface area contributed by atoms with Crippen LogP contribution in [0.5, 0.6) is 0 Å². The van der Waals surface area contributed by atoms with Crippen molar-refractivity contribution in [1.29, 1.82) is 0 Å². The van der Waals surface area contributed by atoms with Crippen LogP contribution in [0.4, 0.5) is 0 Å². The van der Waals surface area contributed by atoms with Gasteiger partial charge >= 0.3 is 0 Å². The van der Waals surface area contributed by atoms with Gasteiger partial charge in [0.05, 0.1) is 5.25 Å². The minimum absolute atomic E-state index is 0.171.